The van der Waals surface area contributed by atoms with Gasteiger partial charge in [-0.3, -0.25) is 9.58 Å². The van der Waals surface area contributed by atoms with Gasteiger partial charge in [0.1, 0.15) is 0 Å². The van der Waals surface area contributed by atoms with Gasteiger partial charge in [0.25, 0.3) is 0 Å². The molecule has 2 unspecified atom stereocenters. The first-order valence-corrected chi connectivity index (χ1v) is 7.06. The van der Waals surface area contributed by atoms with Gasteiger partial charge < -0.3 is 5.11 Å². The van der Waals surface area contributed by atoms with Crippen molar-refractivity contribution in [2.75, 3.05) is 6.54 Å². The highest BCUT2D eigenvalue weighted by Gasteiger charge is 2.22. The summed E-state index contributed by atoms with van der Waals surface area (Å²) in [5.41, 5.74) is 1.13. The fourth-order valence-corrected chi connectivity index (χ4v) is 2.86. The second-order valence-corrected chi connectivity index (χ2v) is 5.54. The molecule has 1 aromatic heterocycles. The molecule has 1 aliphatic heterocycles. The molecule has 2 atom stereocenters. The van der Waals surface area contributed by atoms with E-state index in [9.17, 15) is 5.11 Å². The SMILES string of the molecule is CC(O)CC1CCCCCN1Cc1ccn(C)n1. The van der Waals surface area contributed by atoms with Gasteiger partial charge in [0.15, 0.2) is 0 Å². The lowest BCUT2D eigenvalue weighted by Gasteiger charge is -2.30. The van der Waals surface area contributed by atoms with Crippen LogP contribution < -0.4 is 0 Å². The van der Waals surface area contributed by atoms with Crippen molar-refractivity contribution in [2.24, 2.45) is 7.05 Å². The zero-order chi connectivity index (χ0) is 13.0. The molecule has 1 saturated heterocycles. The molecule has 1 aliphatic rings. The minimum Gasteiger partial charge on any atom is -0.393 e. The summed E-state index contributed by atoms with van der Waals surface area (Å²) in [7, 11) is 1.96. The fraction of sp³-hybridized carbons (Fsp3) is 0.786. The smallest absolute Gasteiger partial charge is 0.0764 e. The lowest BCUT2D eigenvalue weighted by molar-refractivity contribution is 0.107. The van der Waals surface area contributed by atoms with E-state index in [1.165, 1.54) is 25.7 Å². The maximum Gasteiger partial charge on any atom is 0.0764 e. The van der Waals surface area contributed by atoms with Crippen LogP contribution in [-0.2, 0) is 13.6 Å². The molecule has 0 aliphatic carbocycles. The van der Waals surface area contributed by atoms with Crippen molar-refractivity contribution in [1.29, 1.82) is 0 Å². The molecule has 2 heterocycles. The molecule has 1 N–H and O–H groups in total. The molecule has 0 bridgehead atoms. The Morgan fingerprint density at radius 1 is 1.44 bits per heavy atom. The Hall–Kier alpha value is -0.870. The van der Waals surface area contributed by atoms with E-state index in [4.69, 9.17) is 0 Å². The summed E-state index contributed by atoms with van der Waals surface area (Å²) < 4.78 is 1.86. The van der Waals surface area contributed by atoms with Gasteiger partial charge >= 0.3 is 0 Å². The summed E-state index contributed by atoms with van der Waals surface area (Å²) in [6, 6.07) is 2.60. The van der Waals surface area contributed by atoms with Gasteiger partial charge in [-0.25, -0.2) is 0 Å². The van der Waals surface area contributed by atoms with E-state index in [1.807, 2.05) is 24.9 Å². The predicted octanol–water partition coefficient (Wildman–Crippen LogP) is 1.94. The van der Waals surface area contributed by atoms with Crippen molar-refractivity contribution in [3.05, 3.63) is 18.0 Å². The van der Waals surface area contributed by atoms with Crippen LogP contribution in [0.1, 0.15) is 44.7 Å². The molecule has 0 radical (unpaired) electrons. The van der Waals surface area contributed by atoms with Crippen LogP contribution >= 0.6 is 0 Å². The van der Waals surface area contributed by atoms with Crippen molar-refractivity contribution in [3.63, 3.8) is 0 Å². The summed E-state index contributed by atoms with van der Waals surface area (Å²) >= 11 is 0. The van der Waals surface area contributed by atoms with Crippen molar-refractivity contribution in [2.45, 2.75) is 57.7 Å². The number of rotatable bonds is 4. The standard InChI is InChI=1S/C14H25N3O/c1-12(18)10-14-6-4-3-5-8-17(14)11-13-7-9-16(2)15-13/h7,9,12,14,18H,3-6,8,10-11H2,1-2H3. The van der Waals surface area contributed by atoms with Crippen molar-refractivity contribution >= 4 is 0 Å². The maximum absolute atomic E-state index is 9.64. The lowest BCUT2D eigenvalue weighted by atomic mass is 10.0. The third-order valence-corrected chi connectivity index (χ3v) is 3.75. The minimum absolute atomic E-state index is 0.209. The minimum atomic E-state index is -0.209. The van der Waals surface area contributed by atoms with Crippen molar-refractivity contribution < 1.29 is 5.11 Å². The quantitative estimate of drug-likeness (QED) is 0.889. The lowest BCUT2D eigenvalue weighted by Crippen LogP contribution is -2.36. The van der Waals surface area contributed by atoms with Gasteiger partial charge in [-0.1, -0.05) is 12.8 Å². The van der Waals surface area contributed by atoms with Crippen LogP contribution in [0.4, 0.5) is 0 Å². The van der Waals surface area contributed by atoms with E-state index in [0.717, 1.165) is 25.2 Å². The molecule has 0 aromatic carbocycles. The second-order valence-electron chi connectivity index (χ2n) is 5.54. The van der Waals surface area contributed by atoms with Gasteiger partial charge in [-0.2, -0.15) is 5.10 Å². The first kappa shape index (κ1) is 13.6. The average molecular weight is 251 g/mol. The Bertz CT molecular complexity index is 362. The predicted molar refractivity (Wildman–Crippen MR) is 72.2 cm³/mol. The Morgan fingerprint density at radius 2 is 2.28 bits per heavy atom. The van der Waals surface area contributed by atoms with Crippen LogP contribution in [0.15, 0.2) is 12.3 Å². The second kappa shape index (κ2) is 6.34. The Morgan fingerprint density at radius 3 is 2.94 bits per heavy atom. The number of aryl methyl sites for hydroxylation is 1. The number of likely N-dealkylation sites (tertiary alicyclic amines) is 1. The normalized spacial score (nSPS) is 23.8. The van der Waals surface area contributed by atoms with Crippen LogP contribution in [0, 0.1) is 0 Å². The van der Waals surface area contributed by atoms with Gasteiger partial charge in [-0.15, -0.1) is 0 Å². The molecule has 18 heavy (non-hydrogen) atoms. The van der Waals surface area contributed by atoms with E-state index >= 15 is 0 Å². The zero-order valence-corrected chi connectivity index (χ0v) is 11.5. The van der Waals surface area contributed by atoms with Crippen molar-refractivity contribution in [3.8, 4) is 0 Å². The Balaban J connectivity index is 2.00. The van der Waals surface area contributed by atoms with Crippen molar-refractivity contribution in [1.82, 2.24) is 14.7 Å². The fourth-order valence-electron chi connectivity index (χ4n) is 2.86. The molecular formula is C14H25N3O. The summed E-state index contributed by atoms with van der Waals surface area (Å²) in [5, 5.41) is 14.1. The number of aromatic nitrogens is 2. The number of aliphatic hydroxyl groups is 1. The molecule has 0 saturated carbocycles. The van der Waals surface area contributed by atoms with Gasteiger partial charge in [0, 0.05) is 25.8 Å². The maximum atomic E-state index is 9.64. The molecule has 1 fully saturated rings. The topological polar surface area (TPSA) is 41.3 Å². The van der Waals surface area contributed by atoms with Crippen LogP contribution in [0.25, 0.3) is 0 Å². The first-order valence-electron chi connectivity index (χ1n) is 7.06. The number of hydrogen-bond donors (Lipinski definition) is 1. The average Bonchev–Trinajstić information content (AvgIpc) is 2.58. The Labute approximate surface area is 110 Å². The monoisotopic (exact) mass is 251 g/mol. The van der Waals surface area contributed by atoms with E-state index in [-0.39, 0.29) is 6.10 Å². The molecule has 0 amide bonds. The van der Waals surface area contributed by atoms with E-state index in [0.29, 0.717) is 6.04 Å². The summed E-state index contributed by atoms with van der Waals surface area (Å²) in [5.74, 6) is 0. The third kappa shape index (κ3) is 3.82. The van der Waals surface area contributed by atoms with E-state index in [2.05, 4.69) is 16.1 Å². The molecule has 2 rings (SSSR count). The molecule has 1 aromatic rings. The molecule has 102 valence electrons. The number of nitrogens with zero attached hydrogens (tertiary/aromatic N) is 3. The number of hydrogen-bond acceptors (Lipinski definition) is 3. The highest BCUT2D eigenvalue weighted by molar-refractivity contribution is 4.99. The molecule has 4 heteroatoms. The highest BCUT2D eigenvalue weighted by atomic mass is 16.3. The van der Waals surface area contributed by atoms with Crippen LogP contribution in [0.3, 0.4) is 0 Å². The molecular weight excluding hydrogens is 226 g/mol. The highest BCUT2D eigenvalue weighted by Crippen LogP contribution is 2.22. The Kier molecular flexibility index (Phi) is 4.78. The summed E-state index contributed by atoms with van der Waals surface area (Å²) in [6.07, 6.45) is 7.75. The largest absolute Gasteiger partial charge is 0.393 e. The number of aliphatic hydroxyl groups excluding tert-OH is 1. The summed E-state index contributed by atoms with van der Waals surface area (Å²) in [6.45, 7) is 3.94. The summed E-state index contributed by atoms with van der Waals surface area (Å²) in [4.78, 5) is 2.50. The van der Waals surface area contributed by atoms with Crippen LogP contribution in [0.5, 0.6) is 0 Å². The van der Waals surface area contributed by atoms with Gasteiger partial charge in [0.05, 0.1) is 11.8 Å². The van der Waals surface area contributed by atoms with Crippen LogP contribution in [0.2, 0.25) is 0 Å². The van der Waals surface area contributed by atoms with Crippen LogP contribution in [-0.4, -0.2) is 38.5 Å². The molecule has 0 spiro atoms. The first-order chi connectivity index (χ1) is 8.65. The third-order valence-electron chi connectivity index (χ3n) is 3.75. The van der Waals surface area contributed by atoms with Gasteiger partial charge in [0.2, 0.25) is 0 Å². The van der Waals surface area contributed by atoms with E-state index in [1.54, 1.807) is 0 Å². The molecule has 4 nitrogen and oxygen atoms in total. The van der Waals surface area contributed by atoms with Gasteiger partial charge in [-0.05, 0) is 38.8 Å². The van der Waals surface area contributed by atoms with E-state index < -0.39 is 0 Å². The zero-order valence-electron chi connectivity index (χ0n) is 11.5.